The molecule has 78 valence electrons. The Bertz CT molecular complexity index is 283. The van der Waals surface area contributed by atoms with Crippen LogP contribution in [0.25, 0.3) is 0 Å². The molecule has 1 saturated heterocycles. The summed E-state index contributed by atoms with van der Waals surface area (Å²) in [4.78, 5) is 4.24. The molecule has 0 amide bonds. The molecule has 1 aromatic heterocycles. The highest BCUT2D eigenvalue weighted by Gasteiger charge is 2.14. The third-order valence-corrected chi connectivity index (χ3v) is 3.23. The van der Waals surface area contributed by atoms with Crippen LogP contribution >= 0.6 is 11.8 Å². The fourth-order valence-corrected chi connectivity index (χ4v) is 2.40. The Balaban J connectivity index is 1.76. The number of aromatic amines is 1. The summed E-state index contributed by atoms with van der Waals surface area (Å²) in [6.45, 7) is 2.83. The van der Waals surface area contributed by atoms with Gasteiger partial charge in [0, 0.05) is 12.4 Å². The number of H-pyrrole nitrogens is 1. The van der Waals surface area contributed by atoms with Crippen molar-refractivity contribution in [3.05, 3.63) is 5.82 Å². The summed E-state index contributed by atoms with van der Waals surface area (Å²) in [7, 11) is 0. The lowest BCUT2D eigenvalue weighted by molar-refractivity contribution is 0.0315. The molecule has 1 aliphatic heterocycles. The van der Waals surface area contributed by atoms with Crippen LogP contribution in [-0.4, -0.2) is 33.6 Å². The highest BCUT2D eigenvalue weighted by molar-refractivity contribution is 7.99. The molecule has 1 N–H and O–H groups in total. The van der Waals surface area contributed by atoms with Crippen LogP contribution in [0.4, 0.5) is 0 Å². The minimum atomic E-state index is 0.396. The number of rotatable bonds is 3. The van der Waals surface area contributed by atoms with Crippen LogP contribution < -0.4 is 0 Å². The Morgan fingerprint density at radius 2 is 2.50 bits per heavy atom. The van der Waals surface area contributed by atoms with Crippen LogP contribution in [0.5, 0.6) is 0 Å². The van der Waals surface area contributed by atoms with Crippen molar-refractivity contribution >= 4 is 11.8 Å². The fraction of sp³-hybridized carbons (Fsp3) is 0.778. The molecule has 0 saturated carbocycles. The van der Waals surface area contributed by atoms with Crippen molar-refractivity contribution in [2.45, 2.75) is 37.4 Å². The van der Waals surface area contributed by atoms with E-state index in [-0.39, 0.29) is 0 Å². The van der Waals surface area contributed by atoms with Gasteiger partial charge in [0.05, 0.1) is 6.10 Å². The summed E-state index contributed by atoms with van der Waals surface area (Å²) >= 11 is 1.67. The molecular formula is C9H15N3OS. The summed E-state index contributed by atoms with van der Waals surface area (Å²) in [5.74, 6) is 1.84. The quantitative estimate of drug-likeness (QED) is 0.777. The molecule has 1 aromatic rings. The van der Waals surface area contributed by atoms with Crippen molar-refractivity contribution in [2.24, 2.45) is 0 Å². The average molecular weight is 213 g/mol. The fourth-order valence-electron chi connectivity index (χ4n) is 1.49. The molecule has 5 heteroatoms. The van der Waals surface area contributed by atoms with Gasteiger partial charge in [-0.2, -0.15) is 0 Å². The SMILES string of the molecule is Cc1nc(SC[C@@H]2CCCCO2)n[nH]1. The van der Waals surface area contributed by atoms with Crippen molar-refractivity contribution in [1.29, 1.82) is 0 Å². The van der Waals surface area contributed by atoms with Crippen molar-refractivity contribution in [1.82, 2.24) is 15.2 Å². The summed E-state index contributed by atoms with van der Waals surface area (Å²) in [5.41, 5.74) is 0. The molecule has 0 radical (unpaired) electrons. The summed E-state index contributed by atoms with van der Waals surface area (Å²) < 4.78 is 5.62. The zero-order valence-corrected chi connectivity index (χ0v) is 9.14. The Kier molecular flexibility index (Phi) is 3.42. The maximum Gasteiger partial charge on any atom is 0.208 e. The van der Waals surface area contributed by atoms with E-state index in [1.807, 2.05) is 6.92 Å². The molecular weight excluding hydrogens is 198 g/mol. The third kappa shape index (κ3) is 2.72. The van der Waals surface area contributed by atoms with Gasteiger partial charge in [-0.1, -0.05) is 11.8 Å². The number of hydrogen-bond acceptors (Lipinski definition) is 4. The Hall–Kier alpha value is -0.550. The van der Waals surface area contributed by atoms with Gasteiger partial charge in [-0.3, -0.25) is 5.10 Å². The molecule has 0 aromatic carbocycles. The Morgan fingerprint density at radius 3 is 3.14 bits per heavy atom. The van der Waals surface area contributed by atoms with Crippen molar-refractivity contribution in [3.63, 3.8) is 0 Å². The maximum absolute atomic E-state index is 5.62. The van der Waals surface area contributed by atoms with Gasteiger partial charge in [0.1, 0.15) is 5.82 Å². The monoisotopic (exact) mass is 213 g/mol. The van der Waals surface area contributed by atoms with Gasteiger partial charge in [-0.05, 0) is 26.2 Å². The molecule has 0 aliphatic carbocycles. The van der Waals surface area contributed by atoms with Crippen LogP contribution in [0.2, 0.25) is 0 Å². The van der Waals surface area contributed by atoms with Crippen LogP contribution in [0.15, 0.2) is 5.16 Å². The summed E-state index contributed by atoms with van der Waals surface area (Å²) in [5, 5.41) is 7.74. The summed E-state index contributed by atoms with van der Waals surface area (Å²) in [6.07, 6.45) is 4.07. The summed E-state index contributed by atoms with van der Waals surface area (Å²) in [6, 6.07) is 0. The standard InChI is InChI=1S/C9H15N3OS/c1-7-10-9(12-11-7)14-6-8-4-2-3-5-13-8/h8H,2-6H2,1H3,(H,10,11,12)/t8-/m0/s1. The lowest BCUT2D eigenvalue weighted by Gasteiger charge is -2.21. The number of aryl methyl sites for hydroxylation is 1. The molecule has 2 heterocycles. The topological polar surface area (TPSA) is 50.8 Å². The van der Waals surface area contributed by atoms with E-state index in [9.17, 15) is 0 Å². The second-order valence-corrected chi connectivity index (χ2v) is 4.49. The van der Waals surface area contributed by atoms with Crippen LogP contribution in [0.3, 0.4) is 0 Å². The smallest absolute Gasteiger partial charge is 0.208 e. The molecule has 1 atom stereocenters. The molecule has 0 bridgehead atoms. The van der Waals surface area contributed by atoms with E-state index >= 15 is 0 Å². The molecule has 1 aliphatic rings. The predicted molar refractivity (Wildman–Crippen MR) is 55.4 cm³/mol. The Morgan fingerprint density at radius 1 is 1.57 bits per heavy atom. The highest BCUT2D eigenvalue weighted by atomic mass is 32.2. The molecule has 14 heavy (non-hydrogen) atoms. The zero-order valence-electron chi connectivity index (χ0n) is 8.32. The van der Waals surface area contributed by atoms with Gasteiger partial charge in [0.15, 0.2) is 0 Å². The number of ether oxygens (including phenoxy) is 1. The first kappa shape index (κ1) is 9.98. The minimum absolute atomic E-state index is 0.396. The van der Waals surface area contributed by atoms with E-state index in [2.05, 4.69) is 15.2 Å². The molecule has 0 unspecified atom stereocenters. The van der Waals surface area contributed by atoms with Gasteiger partial charge in [0.25, 0.3) is 0 Å². The second-order valence-electron chi connectivity index (χ2n) is 3.50. The van der Waals surface area contributed by atoms with E-state index in [0.29, 0.717) is 6.10 Å². The van der Waals surface area contributed by atoms with Gasteiger partial charge < -0.3 is 4.74 Å². The van der Waals surface area contributed by atoms with E-state index in [1.165, 1.54) is 19.3 Å². The molecule has 1 fully saturated rings. The third-order valence-electron chi connectivity index (χ3n) is 2.25. The Labute approximate surface area is 87.8 Å². The van der Waals surface area contributed by atoms with Gasteiger partial charge in [-0.15, -0.1) is 5.10 Å². The second kappa shape index (κ2) is 4.79. The zero-order chi connectivity index (χ0) is 9.80. The molecule has 4 nitrogen and oxygen atoms in total. The highest BCUT2D eigenvalue weighted by Crippen LogP contribution is 2.20. The number of thioether (sulfide) groups is 1. The predicted octanol–water partition coefficient (Wildman–Crippen LogP) is 1.77. The first-order valence-electron chi connectivity index (χ1n) is 4.98. The van der Waals surface area contributed by atoms with Gasteiger partial charge >= 0.3 is 0 Å². The maximum atomic E-state index is 5.62. The first-order chi connectivity index (χ1) is 6.84. The van der Waals surface area contributed by atoms with Crippen molar-refractivity contribution in [3.8, 4) is 0 Å². The number of nitrogens with one attached hydrogen (secondary N) is 1. The molecule has 0 spiro atoms. The number of hydrogen-bond donors (Lipinski definition) is 1. The van der Waals surface area contributed by atoms with Gasteiger partial charge in [-0.25, -0.2) is 4.98 Å². The lowest BCUT2D eigenvalue weighted by atomic mass is 10.1. The largest absolute Gasteiger partial charge is 0.377 e. The van der Waals surface area contributed by atoms with E-state index in [4.69, 9.17) is 4.74 Å². The van der Waals surface area contributed by atoms with E-state index < -0.39 is 0 Å². The van der Waals surface area contributed by atoms with Crippen molar-refractivity contribution < 1.29 is 4.74 Å². The van der Waals surface area contributed by atoms with E-state index in [0.717, 1.165) is 23.3 Å². The normalized spacial score (nSPS) is 22.5. The first-order valence-corrected chi connectivity index (χ1v) is 5.96. The van der Waals surface area contributed by atoms with Crippen LogP contribution in [0, 0.1) is 6.92 Å². The van der Waals surface area contributed by atoms with Gasteiger partial charge in [0.2, 0.25) is 5.16 Å². The lowest BCUT2D eigenvalue weighted by Crippen LogP contribution is -2.21. The van der Waals surface area contributed by atoms with Crippen molar-refractivity contribution in [2.75, 3.05) is 12.4 Å². The van der Waals surface area contributed by atoms with Crippen LogP contribution in [0.1, 0.15) is 25.1 Å². The number of nitrogens with zero attached hydrogens (tertiary/aromatic N) is 2. The minimum Gasteiger partial charge on any atom is -0.377 e. The van der Waals surface area contributed by atoms with Crippen LogP contribution in [-0.2, 0) is 4.74 Å². The average Bonchev–Trinajstić information content (AvgIpc) is 2.63. The van der Waals surface area contributed by atoms with E-state index in [1.54, 1.807) is 11.8 Å². The molecule has 2 rings (SSSR count). The number of aromatic nitrogens is 3.